The van der Waals surface area contributed by atoms with Crippen molar-refractivity contribution in [1.29, 1.82) is 0 Å². The van der Waals surface area contributed by atoms with Crippen molar-refractivity contribution in [3.63, 3.8) is 0 Å². The second-order valence-corrected chi connectivity index (χ2v) is 6.77. The van der Waals surface area contributed by atoms with Gasteiger partial charge >= 0.3 is 0 Å². The van der Waals surface area contributed by atoms with Gasteiger partial charge in [0.25, 0.3) is 11.8 Å². The molecule has 10 heteroatoms. The molecule has 31 heavy (non-hydrogen) atoms. The van der Waals surface area contributed by atoms with Gasteiger partial charge in [0.1, 0.15) is 5.75 Å². The second kappa shape index (κ2) is 11.0. The van der Waals surface area contributed by atoms with Crippen LogP contribution in [0.3, 0.4) is 0 Å². The predicted molar refractivity (Wildman–Crippen MR) is 119 cm³/mol. The molecule has 0 bridgehead atoms. The minimum absolute atomic E-state index is 0.0983. The van der Waals surface area contributed by atoms with Crippen molar-refractivity contribution in [1.82, 2.24) is 16.2 Å². The Labute approximate surface area is 186 Å². The van der Waals surface area contributed by atoms with E-state index in [1.807, 2.05) is 26.0 Å². The molecule has 2 amide bonds. The van der Waals surface area contributed by atoms with E-state index in [0.717, 1.165) is 11.1 Å². The molecule has 0 unspecified atom stereocenters. The van der Waals surface area contributed by atoms with Gasteiger partial charge in [0, 0.05) is 5.56 Å². The average Bonchev–Trinajstić information content (AvgIpc) is 2.77. The lowest BCUT2D eigenvalue weighted by atomic mass is 10.1. The third-order valence-corrected chi connectivity index (χ3v) is 4.59. The van der Waals surface area contributed by atoms with Gasteiger partial charge in [-0.2, -0.15) is 0 Å². The van der Waals surface area contributed by atoms with Crippen molar-refractivity contribution < 1.29 is 28.5 Å². The standard InChI is InChI=1S/C21H25N3O6S/c1-12-7-6-8-15(13(12)2)30-11-18(25)23-24-21(31)22-20(26)14-9-16(27-3)19(29-5)17(10-14)28-4/h6-10H,11H2,1-5H3,(H,23,25)(H2,22,24,26,31). The number of rotatable bonds is 7. The van der Waals surface area contributed by atoms with Crippen LogP contribution in [0.15, 0.2) is 30.3 Å². The Balaban J connectivity index is 1.90. The molecular formula is C21H25N3O6S. The van der Waals surface area contributed by atoms with Crippen LogP contribution in [-0.4, -0.2) is 44.9 Å². The smallest absolute Gasteiger partial charge is 0.276 e. The summed E-state index contributed by atoms with van der Waals surface area (Å²) in [6, 6.07) is 8.55. The lowest BCUT2D eigenvalue weighted by Gasteiger charge is -2.15. The van der Waals surface area contributed by atoms with Crippen LogP contribution in [0.1, 0.15) is 21.5 Å². The lowest BCUT2D eigenvalue weighted by Crippen LogP contribution is -2.49. The monoisotopic (exact) mass is 447 g/mol. The Morgan fingerprint density at radius 2 is 1.58 bits per heavy atom. The van der Waals surface area contributed by atoms with Crippen LogP contribution < -0.4 is 35.1 Å². The number of ether oxygens (including phenoxy) is 4. The molecule has 0 atom stereocenters. The highest BCUT2D eigenvalue weighted by Crippen LogP contribution is 2.38. The van der Waals surface area contributed by atoms with Gasteiger partial charge in [-0.3, -0.25) is 25.8 Å². The summed E-state index contributed by atoms with van der Waals surface area (Å²) < 4.78 is 21.2. The number of thiocarbonyl (C=S) groups is 1. The van der Waals surface area contributed by atoms with Crippen molar-refractivity contribution >= 4 is 29.1 Å². The fourth-order valence-electron chi connectivity index (χ4n) is 2.61. The van der Waals surface area contributed by atoms with Gasteiger partial charge in [0.2, 0.25) is 5.75 Å². The van der Waals surface area contributed by atoms with Crippen molar-refractivity contribution in [2.24, 2.45) is 0 Å². The van der Waals surface area contributed by atoms with Gasteiger partial charge in [0.15, 0.2) is 23.2 Å². The molecule has 2 rings (SSSR count). The fourth-order valence-corrected chi connectivity index (χ4v) is 2.75. The highest BCUT2D eigenvalue weighted by molar-refractivity contribution is 7.80. The molecule has 0 aliphatic heterocycles. The zero-order valence-electron chi connectivity index (χ0n) is 18.0. The Hall–Kier alpha value is -3.53. The maximum Gasteiger partial charge on any atom is 0.276 e. The van der Waals surface area contributed by atoms with Crippen LogP contribution >= 0.6 is 12.2 Å². The largest absolute Gasteiger partial charge is 0.493 e. The van der Waals surface area contributed by atoms with Crippen LogP contribution in [0.4, 0.5) is 0 Å². The molecule has 0 spiro atoms. The molecule has 166 valence electrons. The molecule has 2 aromatic rings. The minimum Gasteiger partial charge on any atom is -0.493 e. The quantitative estimate of drug-likeness (QED) is 0.437. The third kappa shape index (κ3) is 6.22. The number of hydrogen-bond donors (Lipinski definition) is 3. The first-order chi connectivity index (χ1) is 14.8. The molecular weight excluding hydrogens is 422 g/mol. The van der Waals surface area contributed by atoms with Crippen LogP contribution in [0.2, 0.25) is 0 Å². The van der Waals surface area contributed by atoms with Crippen molar-refractivity contribution in [2.45, 2.75) is 13.8 Å². The third-order valence-electron chi connectivity index (χ3n) is 4.38. The van der Waals surface area contributed by atoms with E-state index in [2.05, 4.69) is 16.2 Å². The number of aryl methyl sites for hydroxylation is 1. The van der Waals surface area contributed by atoms with Gasteiger partial charge in [-0.25, -0.2) is 0 Å². The van der Waals surface area contributed by atoms with E-state index < -0.39 is 11.8 Å². The zero-order chi connectivity index (χ0) is 23.0. The second-order valence-electron chi connectivity index (χ2n) is 6.36. The summed E-state index contributed by atoms with van der Waals surface area (Å²) in [7, 11) is 4.36. The average molecular weight is 448 g/mol. The summed E-state index contributed by atoms with van der Waals surface area (Å²) in [5.41, 5.74) is 7.07. The minimum atomic E-state index is -0.530. The lowest BCUT2D eigenvalue weighted by molar-refractivity contribution is -0.123. The summed E-state index contributed by atoms with van der Waals surface area (Å²) >= 11 is 5.05. The number of amides is 2. The summed E-state index contributed by atoms with van der Waals surface area (Å²) in [5, 5.41) is 2.36. The van der Waals surface area contributed by atoms with Crippen LogP contribution in [0, 0.1) is 13.8 Å². The zero-order valence-corrected chi connectivity index (χ0v) is 18.8. The summed E-state index contributed by atoms with van der Waals surface area (Å²) in [6.45, 7) is 3.65. The van der Waals surface area contributed by atoms with Crippen molar-refractivity contribution in [3.8, 4) is 23.0 Å². The maximum atomic E-state index is 12.5. The maximum absolute atomic E-state index is 12.5. The van der Waals surface area contributed by atoms with E-state index in [4.69, 9.17) is 31.2 Å². The number of nitrogens with one attached hydrogen (secondary N) is 3. The number of methoxy groups -OCH3 is 3. The molecule has 0 fully saturated rings. The number of benzene rings is 2. The van der Waals surface area contributed by atoms with E-state index in [0.29, 0.717) is 23.0 Å². The van der Waals surface area contributed by atoms with Crippen LogP contribution in [0.5, 0.6) is 23.0 Å². The molecule has 2 aromatic carbocycles. The molecule has 9 nitrogen and oxygen atoms in total. The highest BCUT2D eigenvalue weighted by Gasteiger charge is 2.18. The normalized spacial score (nSPS) is 9.97. The Bertz CT molecular complexity index is 955. The summed E-state index contributed by atoms with van der Waals surface area (Å²) in [4.78, 5) is 24.5. The molecule has 0 radical (unpaired) electrons. The first kappa shape index (κ1) is 23.7. The first-order valence-electron chi connectivity index (χ1n) is 9.19. The van der Waals surface area contributed by atoms with Gasteiger partial charge < -0.3 is 18.9 Å². The topological polar surface area (TPSA) is 107 Å². The number of hydrogen-bond acceptors (Lipinski definition) is 7. The Morgan fingerprint density at radius 1 is 0.935 bits per heavy atom. The molecule has 0 saturated carbocycles. The summed E-state index contributed by atoms with van der Waals surface area (Å²) in [5.74, 6) is 0.625. The molecule has 0 saturated heterocycles. The highest BCUT2D eigenvalue weighted by atomic mass is 32.1. The van der Waals surface area contributed by atoms with E-state index in [-0.39, 0.29) is 17.3 Å². The Morgan fingerprint density at radius 3 is 2.16 bits per heavy atom. The molecule has 0 aromatic heterocycles. The predicted octanol–water partition coefficient (Wildman–Crippen LogP) is 2.04. The van der Waals surface area contributed by atoms with E-state index in [1.165, 1.54) is 33.5 Å². The first-order valence-corrected chi connectivity index (χ1v) is 9.60. The number of carbonyl (C=O) groups is 2. The van der Waals surface area contributed by atoms with Gasteiger partial charge in [-0.05, 0) is 55.4 Å². The number of carbonyl (C=O) groups excluding carboxylic acids is 2. The van der Waals surface area contributed by atoms with Gasteiger partial charge in [0.05, 0.1) is 21.3 Å². The molecule has 0 aliphatic rings. The molecule has 0 heterocycles. The van der Waals surface area contributed by atoms with E-state index >= 15 is 0 Å². The molecule has 3 N–H and O–H groups in total. The van der Waals surface area contributed by atoms with Crippen LogP contribution in [-0.2, 0) is 4.79 Å². The van der Waals surface area contributed by atoms with Crippen LogP contribution in [0.25, 0.3) is 0 Å². The van der Waals surface area contributed by atoms with E-state index in [1.54, 1.807) is 6.07 Å². The SMILES string of the molecule is COc1cc(C(=O)NC(=S)NNC(=O)COc2cccc(C)c2C)cc(OC)c1OC. The van der Waals surface area contributed by atoms with E-state index in [9.17, 15) is 9.59 Å². The van der Waals surface area contributed by atoms with Crippen molar-refractivity contribution in [3.05, 3.63) is 47.0 Å². The van der Waals surface area contributed by atoms with Gasteiger partial charge in [-0.15, -0.1) is 0 Å². The number of hydrazine groups is 1. The summed E-state index contributed by atoms with van der Waals surface area (Å²) in [6.07, 6.45) is 0. The van der Waals surface area contributed by atoms with Gasteiger partial charge in [-0.1, -0.05) is 12.1 Å². The molecule has 0 aliphatic carbocycles. The van der Waals surface area contributed by atoms with Crippen molar-refractivity contribution in [2.75, 3.05) is 27.9 Å². The fraction of sp³-hybridized carbons (Fsp3) is 0.286. The Kier molecular flexibility index (Phi) is 8.44.